The number of fused-ring (bicyclic) bond motifs is 1. The molecule has 2 N–H and O–H groups in total. The number of pyridine rings is 1. The Kier molecular flexibility index (Phi) is 5.21. The number of halogens is 2. The molecule has 0 aliphatic heterocycles. The Morgan fingerprint density at radius 2 is 1.96 bits per heavy atom. The Bertz CT molecular complexity index is 957. The summed E-state index contributed by atoms with van der Waals surface area (Å²) in [5.41, 5.74) is 5.98. The van der Waals surface area contributed by atoms with Gasteiger partial charge < -0.3 is 5.32 Å². The summed E-state index contributed by atoms with van der Waals surface area (Å²) in [6, 6.07) is 13.7. The van der Waals surface area contributed by atoms with Crippen molar-refractivity contribution in [2.24, 2.45) is 5.10 Å². The van der Waals surface area contributed by atoms with Gasteiger partial charge in [-0.05, 0) is 61.1 Å². The van der Waals surface area contributed by atoms with E-state index in [2.05, 4.69) is 20.8 Å². The van der Waals surface area contributed by atoms with Crippen LogP contribution in [-0.4, -0.2) is 16.3 Å². The molecule has 0 fully saturated rings. The van der Waals surface area contributed by atoms with Crippen molar-refractivity contribution in [1.82, 2.24) is 10.4 Å². The predicted octanol–water partition coefficient (Wildman–Crippen LogP) is 4.66. The second kappa shape index (κ2) is 7.55. The lowest BCUT2D eigenvalue weighted by Gasteiger charge is -2.07. The van der Waals surface area contributed by atoms with Gasteiger partial charge in [-0.3, -0.25) is 5.43 Å². The summed E-state index contributed by atoms with van der Waals surface area (Å²) >= 11 is 11.3. The smallest absolute Gasteiger partial charge is 0.191 e. The number of benzene rings is 2. The number of nitrogens with one attached hydrogen (secondary N) is 2. The summed E-state index contributed by atoms with van der Waals surface area (Å²) in [5.74, 6) is -0.309. The molecule has 0 saturated carbocycles. The second-order valence-corrected chi connectivity index (χ2v) is 6.16. The van der Waals surface area contributed by atoms with Crippen molar-refractivity contribution in [3.8, 4) is 0 Å². The minimum Gasteiger partial charge on any atom is -0.331 e. The Morgan fingerprint density at radius 3 is 2.72 bits per heavy atom. The quantitative estimate of drug-likeness (QED) is 0.304. The van der Waals surface area contributed by atoms with E-state index in [0.29, 0.717) is 16.4 Å². The standard InChI is InChI=1S/C18H14ClFN4S/c1-11-2-3-12-9-13(17(19)23-16(12)8-11)10-21-24-18(25)22-15-6-4-14(20)5-7-15/h2-10H,1H3,(H2,22,24,25). The summed E-state index contributed by atoms with van der Waals surface area (Å²) in [5, 5.41) is 8.58. The van der Waals surface area contributed by atoms with Crippen molar-refractivity contribution in [3.63, 3.8) is 0 Å². The van der Waals surface area contributed by atoms with E-state index in [4.69, 9.17) is 23.8 Å². The van der Waals surface area contributed by atoms with Crippen LogP contribution < -0.4 is 10.7 Å². The average Bonchev–Trinajstić information content (AvgIpc) is 2.57. The van der Waals surface area contributed by atoms with E-state index in [1.807, 2.05) is 31.2 Å². The number of hydrogen-bond donors (Lipinski definition) is 2. The first-order chi connectivity index (χ1) is 12.0. The molecule has 3 rings (SSSR count). The first-order valence-corrected chi connectivity index (χ1v) is 8.22. The molecular weight excluding hydrogens is 359 g/mol. The molecule has 126 valence electrons. The van der Waals surface area contributed by atoms with Crippen LogP contribution in [0.5, 0.6) is 0 Å². The van der Waals surface area contributed by atoms with Crippen LogP contribution in [0.1, 0.15) is 11.1 Å². The molecule has 2 aromatic carbocycles. The maximum atomic E-state index is 12.9. The molecule has 0 spiro atoms. The van der Waals surface area contributed by atoms with Gasteiger partial charge in [-0.25, -0.2) is 9.37 Å². The highest BCUT2D eigenvalue weighted by Crippen LogP contribution is 2.20. The number of aromatic nitrogens is 1. The summed E-state index contributed by atoms with van der Waals surface area (Å²) in [4.78, 5) is 4.37. The SMILES string of the molecule is Cc1ccc2cc(C=NNC(=S)Nc3ccc(F)cc3)c(Cl)nc2c1. The van der Waals surface area contributed by atoms with Gasteiger partial charge in [0, 0.05) is 16.6 Å². The van der Waals surface area contributed by atoms with Crippen molar-refractivity contribution in [1.29, 1.82) is 0 Å². The Hall–Kier alpha value is -2.57. The molecule has 0 aliphatic rings. The third-order valence-electron chi connectivity index (χ3n) is 3.43. The van der Waals surface area contributed by atoms with Crippen LogP contribution in [0, 0.1) is 12.7 Å². The molecule has 0 saturated heterocycles. The maximum Gasteiger partial charge on any atom is 0.191 e. The molecule has 1 aromatic heterocycles. The van der Waals surface area contributed by atoms with E-state index in [-0.39, 0.29) is 10.9 Å². The number of hydrazone groups is 1. The molecular formula is C18H14ClFN4S. The number of nitrogens with zero attached hydrogens (tertiary/aromatic N) is 2. The normalized spacial score (nSPS) is 11.0. The van der Waals surface area contributed by atoms with Gasteiger partial charge >= 0.3 is 0 Å². The number of thiocarbonyl (C=S) groups is 1. The van der Waals surface area contributed by atoms with Gasteiger partial charge in [0.1, 0.15) is 11.0 Å². The van der Waals surface area contributed by atoms with Gasteiger partial charge in [-0.15, -0.1) is 0 Å². The Labute approximate surface area is 154 Å². The first-order valence-electron chi connectivity index (χ1n) is 7.44. The van der Waals surface area contributed by atoms with Crippen LogP contribution in [0.3, 0.4) is 0 Å². The van der Waals surface area contributed by atoms with Crippen LogP contribution in [0.15, 0.2) is 53.6 Å². The van der Waals surface area contributed by atoms with Gasteiger partial charge in [-0.1, -0.05) is 23.7 Å². The van der Waals surface area contributed by atoms with Gasteiger partial charge in [-0.2, -0.15) is 5.10 Å². The largest absolute Gasteiger partial charge is 0.331 e. The van der Waals surface area contributed by atoms with E-state index < -0.39 is 0 Å². The minimum absolute atomic E-state index is 0.281. The van der Waals surface area contributed by atoms with E-state index in [9.17, 15) is 4.39 Å². The minimum atomic E-state index is -0.309. The monoisotopic (exact) mass is 372 g/mol. The van der Waals surface area contributed by atoms with Crippen LogP contribution in [0.2, 0.25) is 5.15 Å². The molecule has 4 nitrogen and oxygen atoms in total. The Balaban J connectivity index is 1.68. The van der Waals surface area contributed by atoms with Crippen molar-refractivity contribution in [2.75, 3.05) is 5.32 Å². The fraction of sp³-hybridized carbons (Fsp3) is 0.0556. The molecule has 0 atom stereocenters. The van der Waals surface area contributed by atoms with Gasteiger partial charge in [0.2, 0.25) is 0 Å². The zero-order valence-corrected chi connectivity index (χ0v) is 14.8. The van der Waals surface area contributed by atoms with Gasteiger partial charge in [0.05, 0.1) is 11.7 Å². The highest BCUT2D eigenvalue weighted by Gasteiger charge is 2.04. The van der Waals surface area contributed by atoms with Crippen LogP contribution in [-0.2, 0) is 0 Å². The van der Waals surface area contributed by atoms with E-state index >= 15 is 0 Å². The number of hydrogen-bond acceptors (Lipinski definition) is 3. The summed E-state index contributed by atoms with van der Waals surface area (Å²) < 4.78 is 12.9. The number of rotatable bonds is 3. The van der Waals surface area contributed by atoms with Gasteiger partial charge in [0.15, 0.2) is 5.11 Å². The third-order valence-corrected chi connectivity index (χ3v) is 3.92. The number of anilines is 1. The van der Waals surface area contributed by atoms with Crippen molar-refractivity contribution in [3.05, 3.63) is 70.6 Å². The van der Waals surface area contributed by atoms with E-state index in [1.165, 1.54) is 12.1 Å². The van der Waals surface area contributed by atoms with E-state index in [0.717, 1.165) is 16.5 Å². The third kappa shape index (κ3) is 4.49. The van der Waals surface area contributed by atoms with Crippen molar-refractivity contribution in [2.45, 2.75) is 6.92 Å². The summed E-state index contributed by atoms with van der Waals surface area (Å²) in [6.07, 6.45) is 1.55. The van der Waals surface area contributed by atoms with Crippen LogP contribution >= 0.6 is 23.8 Å². The molecule has 1 heterocycles. The highest BCUT2D eigenvalue weighted by atomic mass is 35.5. The lowest BCUT2D eigenvalue weighted by Crippen LogP contribution is -2.23. The van der Waals surface area contributed by atoms with Crippen molar-refractivity contribution < 1.29 is 4.39 Å². The van der Waals surface area contributed by atoms with Crippen LogP contribution in [0.4, 0.5) is 10.1 Å². The summed E-state index contributed by atoms with van der Waals surface area (Å²) in [6.45, 7) is 2.00. The molecule has 0 radical (unpaired) electrons. The first kappa shape index (κ1) is 17.3. The molecule has 0 unspecified atom stereocenters. The molecule has 0 amide bonds. The predicted molar refractivity (Wildman–Crippen MR) is 105 cm³/mol. The average molecular weight is 373 g/mol. The highest BCUT2D eigenvalue weighted by molar-refractivity contribution is 7.80. The lowest BCUT2D eigenvalue weighted by molar-refractivity contribution is 0.628. The molecule has 0 aliphatic carbocycles. The van der Waals surface area contributed by atoms with Crippen molar-refractivity contribution >= 4 is 51.7 Å². The zero-order chi connectivity index (χ0) is 17.8. The molecule has 0 bridgehead atoms. The summed E-state index contributed by atoms with van der Waals surface area (Å²) in [7, 11) is 0. The van der Waals surface area contributed by atoms with Crippen LogP contribution in [0.25, 0.3) is 10.9 Å². The fourth-order valence-electron chi connectivity index (χ4n) is 2.21. The fourth-order valence-corrected chi connectivity index (χ4v) is 2.58. The molecule has 25 heavy (non-hydrogen) atoms. The zero-order valence-electron chi connectivity index (χ0n) is 13.3. The topological polar surface area (TPSA) is 49.3 Å². The Morgan fingerprint density at radius 1 is 1.20 bits per heavy atom. The number of aryl methyl sites for hydroxylation is 1. The maximum absolute atomic E-state index is 12.9. The van der Waals surface area contributed by atoms with E-state index in [1.54, 1.807) is 18.3 Å². The lowest BCUT2D eigenvalue weighted by atomic mass is 10.1. The second-order valence-electron chi connectivity index (χ2n) is 5.40. The molecule has 7 heteroatoms. The molecule has 3 aromatic rings. The van der Waals surface area contributed by atoms with Gasteiger partial charge in [0.25, 0.3) is 0 Å².